The van der Waals surface area contributed by atoms with Crippen LogP contribution in [0.2, 0.25) is 0 Å². The van der Waals surface area contributed by atoms with E-state index in [1.807, 2.05) is 6.92 Å². The Morgan fingerprint density at radius 3 is 2.58 bits per heavy atom. The van der Waals surface area contributed by atoms with Gasteiger partial charge in [-0.3, -0.25) is 4.98 Å². The second kappa shape index (κ2) is 6.33. The lowest BCUT2D eigenvalue weighted by atomic mass is 10.0. The molecule has 0 saturated heterocycles. The van der Waals surface area contributed by atoms with Crippen LogP contribution in [0, 0.1) is 0 Å². The van der Waals surface area contributed by atoms with E-state index < -0.39 is 16.0 Å². The molecule has 0 atom stereocenters. The summed E-state index contributed by atoms with van der Waals surface area (Å²) in [5.41, 5.74) is 2.31. The largest absolute Gasteiger partial charge is 0.478 e. The lowest BCUT2D eigenvalue weighted by Crippen LogP contribution is -2.37. The van der Waals surface area contributed by atoms with Crippen LogP contribution in [-0.2, 0) is 29.4 Å². The Morgan fingerprint density at radius 2 is 1.96 bits per heavy atom. The number of aromatic nitrogens is 1. The highest BCUT2D eigenvalue weighted by atomic mass is 32.2. The van der Waals surface area contributed by atoms with Gasteiger partial charge in [-0.2, -0.15) is 4.31 Å². The molecule has 126 valence electrons. The maximum atomic E-state index is 12.8. The van der Waals surface area contributed by atoms with E-state index in [9.17, 15) is 18.3 Å². The summed E-state index contributed by atoms with van der Waals surface area (Å²) in [6.07, 6.45) is 2.70. The molecule has 0 bridgehead atoms. The van der Waals surface area contributed by atoms with Gasteiger partial charge in [-0.25, -0.2) is 13.2 Å². The molecule has 7 heteroatoms. The molecule has 1 aliphatic heterocycles. The number of pyridine rings is 1. The molecular weight excluding hydrogens is 328 g/mol. The van der Waals surface area contributed by atoms with Gasteiger partial charge in [-0.15, -0.1) is 0 Å². The van der Waals surface area contributed by atoms with Crippen molar-refractivity contribution in [3.8, 4) is 0 Å². The van der Waals surface area contributed by atoms with Crippen LogP contribution < -0.4 is 0 Å². The van der Waals surface area contributed by atoms with Gasteiger partial charge in [0.15, 0.2) is 0 Å². The van der Waals surface area contributed by atoms with Gasteiger partial charge in [-0.1, -0.05) is 19.1 Å². The summed E-state index contributed by atoms with van der Waals surface area (Å²) in [4.78, 5) is 15.8. The number of benzene rings is 1. The van der Waals surface area contributed by atoms with Crippen molar-refractivity contribution in [2.75, 3.05) is 6.54 Å². The molecule has 1 aromatic carbocycles. The molecule has 2 heterocycles. The highest BCUT2D eigenvalue weighted by Gasteiger charge is 2.31. The van der Waals surface area contributed by atoms with Crippen LogP contribution in [0.15, 0.2) is 41.4 Å². The second-order valence-corrected chi connectivity index (χ2v) is 7.61. The second-order valence-electron chi connectivity index (χ2n) is 5.68. The molecule has 0 unspecified atom stereocenters. The van der Waals surface area contributed by atoms with E-state index in [2.05, 4.69) is 4.98 Å². The first kappa shape index (κ1) is 16.6. The zero-order chi connectivity index (χ0) is 17.3. The summed E-state index contributed by atoms with van der Waals surface area (Å²) >= 11 is 0. The monoisotopic (exact) mass is 346 g/mol. The quantitative estimate of drug-likeness (QED) is 0.916. The lowest BCUT2D eigenvalue weighted by molar-refractivity contribution is 0.0694. The molecule has 1 aliphatic rings. The van der Waals surface area contributed by atoms with E-state index in [-0.39, 0.29) is 17.0 Å². The summed E-state index contributed by atoms with van der Waals surface area (Å²) < 4.78 is 27.0. The molecule has 1 aromatic heterocycles. The molecule has 0 radical (unpaired) electrons. The summed E-state index contributed by atoms with van der Waals surface area (Å²) in [7, 11) is -3.66. The van der Waals surface area contributed by atoms with Crippen molar-refractivity contribution in [3.63, 3.8) is 0 Å². The Morgan fingerprint density at radius 1 is 1.25 bits per heavy atom. The highest BCUT2D eigenvalue weighted by Crippen LogP contribution is 2.26. The molecule has 24 heavy (non-hydrogen) atoms. The van der Waals surface area contributed by atoms with E-state index in [0.29, 0.717) is 24.2 Å². The van der Waals surface area contributed by atoms with E-state index in [0.717, 1.165) is 12.0 Å². The molecule has 0 aliphatic carbocycles. The fourth-order valence-corrected chi connectivity index (χ4v) is 4.27. The number of rotatable bonds is 4. The number of hydrogen-bond donors (Lipinski definition) is 1. The number of carbonyl (C=O) groups is 1. The van der Waals surface area contributed by atoms with Gasteiger partial charge in [0.05, 0.1) is 10.5 Å². The van der Waals surface area contributed by atoms with Gasteiger partial charge in [-0.05, 0) is 30.2 Å². The predicted molar refractivity (Wildman–Crippen MR) is 88.3 cm³/mol. The third kappa shape index (κ3) is 2.92. The molecule has 0 amide bonds. The third-order valence-corrected chi connectivity index (χ3v) is 6.14. The average molecular weight is 346 g/mol. The first-order valence-electron chi connectivity index (χ1n) is 7.72. The minimum atomic E-state index is -3.66. The van der Waals surface area contributed by atoms with Crippen molar-refractivity contribution in [1.29, 1.82) is 0 Å². The Labute approximate surface area is 140 Å². The first-order chi connectivity index (χ1) is 11.4. The topological polar surface area (TPSA) is 87.6 Å². The van der Waals surface area contributed by atoms with E-state index in [1.54, 1.807) is 24.3 Å². The van der Waals surface area contributed by atoms with Crippen LogP contribution in [0.1, 0.15) is 34.1 Å². The standard InChI is InChI=1S/C17H18N2O4S/c1-2-12-3-5-13(6-4-12)24(22,23)19-10-8-16-15(11-19)14(17(20)21)7-9-18-16/h3-7,9H,2,8,10-11H2,1H3,(H,20,21). The van der Waals surface area contributed by atoms with Crippen LogP contribution in [0.25, 0.3) is 0 Å². The maximum absolute atomic E-state index is 12.8. The summed E-state index contributed by atoms with van der Waals surface area (Å²) in [6, 6.07) is 8.22. The minimum Gasteiger partial charge on any atom is -0.478 e. The molecule has 3 rings (SSSR count). The van der Waals surface area contributed by atoms with Crippen LogP contribution in [0.4, 0.5) is 0 Å². The Kier molecular flexibility index (Phi) is 4.38. The number of fused-ring (bicyclic) bond motifs is 1. The number of carboxylic acids is 1. The fraction of sp³-hybridized carbons (Fsp3) is 0.294. The third-order valence-electron chi connectivity index (χ3n) is 4.28. The number of carboxylic acid groups (broad SMARTS) is 1. The number of aromatic carboxylic acids is 1. The van der Waals surface area contributed by atoms with Crippen LogP contribution in [0.3, 0.4) is 0 Å². The van der Waals surface area contributed by atoms with Gasteiger partial charge >= 0.3 is 5.97 Å². The highest BCUT2D eigenvalue weighted by molar-refractivity contribution is 7.89. The van der Waals surface area contributed by atoms with Crippen LogP contribution >= 0.6 is 0 Å². The SMILES string of the molecule is CCc1ccc(S(=O)(=O)N2CCc3nccc(C(=O)O)c3C2)cc1. The zero-order valence-corrected chi connectivity index (χ0v) is 14.1. The molecule has 0 fully saturated rings. The summed E-state index contributed by atoms with van der Waals surface area (Å²) in [6.45, 7) is 2.33. The fourth-order valence-electron chi connectivity index (χ4n) is 2.87. The maximum Gasteiger partial charge on any atom is 0.336 e. The Balaban J connectivity index is 1.95. The number of nitrogens with zero attached hydrogens (tertiary/aromatic N) is 2. The Bertz CT molecular complexity index is 876. The van der Waals surface area contributed by atoms with E-state index in [4.69, 9.17) is 0 Å². The Hall–Kier alpha value is -2.25. The first-order valence-corrected chi connectivity index (χ1v) is 9.16. The lowest BCUT2D eigenvalue weighted by Gasteiger charge is -2.28. The van der Waals surface area contributed by atoms with Gasteiger partial charge in [0, 0.05) is 37.0 Å². The van der Waals surface area contributed by atoms with Crippen molar-refractivity contribution >= 4 is 16.0 Å². The molecule has 2 aromatic rings. The summed E-state index contributed by atoms with van der Waals surface area (Å²) in [5, 5.41) is 9.31. The van der Waals surface area contributed by atoms with E-state index >= 15 is 0 Å². The van der Waals surface area contributed by atoms with Gasteiger partial charge in [0.1, 0.15) is 0 Å². The molecule has 1 N–H and O–H groups in total. The smallest absolute Gasteiger partial charge is 0.336 e. The van der Waals surface area contributed by atoms with Crippen LogP contribution in [-0.4, -0.2) is 35.3 Å². The van der Waals surface area contributed by atoms with Gasteiger partial charge in [0.25, 0.3) is 0 Å². The van der Waals surface area contributed by atoms with E-state index in [1.165, 1.54) is 16.6 Å². The van der Waals surface area contributed by atoms with Crippen molar-refractivity contribution in [2.24, 2.45) is 0 Å². The van der Waals surface area contributed by atoms with Crippen LogP contribution in [0.5, 0.6) is 0 Å². The van der Waals surface area contributed by atoms with Crippen molar-refractivity contribution < 1.29 is 18.3 Å². The van der Waals surface area contributed by atoms with Gasteiger partial charge in [0.2, 0.25) is 10.0 Å². The van der Waals surface area contributed by atoms with Crippen molar-refractivity contribution in [3.05, 3.63) is 58.9 Å². The molecular formula is C17H18N2O4S. The normalized spacial score (nSPS) is 15.0. The summed E-state index contributed by atoms with van der Waals surface area (Å²) in [5.74, 6) is -1.07. The number of aryl methyl sites for hydroxylation is 1. The number of hydrogen-bond acceptors (Lipinski definition) is 4. The predicted octanol–water partition coefficient (Wildman–Crippen LogP) is 2.09. The molecule has 0 saturated carbocycles. The zero-order valence-electron chi connectivity index (χ0n) is 13.3. The average Bonchev–Trinajstić information content (AvgIpc) is 2.60. The van der Waals surface area contributed by atoms with Gasteiger partial charge < -0.3 is 5.11 Å². The minimum absolute atomic E-state index is 0.0304. The number of sulfonamides is 1. The molecule has 0 spiro atoms. The molecule has 6 nitrogen and oxygen atoms in total. The van der Waals surface area contributed by atoms with Crippen molar-refractivity contribution in [1.82, 2.24) is 9.29 Å². The van der Waals surface area contributed by atoms with Crippen molar-refractivity contribution in [2.45, 2.75) is 31.2 Å².